The lowest BCUT2D eigenvalue weighted by atomic mass is 10.1. The topological polar surface area (TPSA) is 144 Å². The Balaban J connectivity index is 1.28. The van der Waals surface area contributed by atoms with Gasteiger partial charge in [-0.05, 0) is 44.2 Å². The molecule has 5 N–H and O–H groups in total. The van der Waals surface area contributed by atoms with Crippen molar-refractivity contribution in [3.8, 4) is 11.4 Å². The van der Waals surface area contributed by atoms with Gasteiger partial charge in [0.2, 0.25) is 0 Å². The second-order valence-electron chi connectivity index (χ2n) is 8.60. The summed E-state index contributed by atoms with van der Waals surface area (Å²) >= 11 is 0. The van der Waals surface area contributed by atoms with Crippen molar-refractivity contribution in [2.45, 2.75) is 19.4 Å². The Labute approximate surface area is 195 Å². The lowest BCUT2D eigenvalue weighted by Gasteiger charge is -2.27. The highest BCUT2D eigenvalue weighted by molar-refractivity contribution is 5.99. The number of aromatic amines is 2. The van der Waals surface area contributed by atoms with Gasteiger partial charge in [0.1, 0.15) is 22.8 Å². The molecular weight excluding hydrogens is 436 g/mol. The monoisotopic (exact) mass is 462 g/mol. The van der Waals surface area contributed by atoms with Crippen molar-refractivity contribution in [2.75, 3.05) is 41.8 Å². The van der Waals surface area contributed by atoms with Gasteiger partial charge in [-0.3, -0.25) is 10.4 Å². The van der Waals surface area contributed by atoms with Crippen LogP contribution in [-0.2, 0) is 10.3 Å². The van der Waals surface area contributed by atoms with E-state index in [1.165, 1.54) is 0 Å². The summed E-state index contributed by atoms with van der Waals surface area (Å²) in [6, 6.07) is 10.5. The lowest BCUT2D eigenvalue weighted by molar-refractivity contribution is 0.0738. The van der Waals surface area contributed by atoms with Crippen LogP contribution in [0.5, 0.6) is 0 Å². The Morgan fingerprint density at radius 3 is 2.62 bits per heavy atom. The number of nitrogens with one attached hydrogen (secondary N) is 4. The second kappa shape index (κ2) is 8.76. The number of carbonyl (C=O) groups is 1. The molecule has 4 heterocycles. The number of hydrogen-bond acceptors (Lipinski definition) is 7. The number of benzene rings is 1. The minimum Gasteiger partial charge on any atom is -0.384 e. The van der Waals surface area contributed by atoms with Crippen molar-refractivity contribution >= 4 is 34.4 Å². The molecule has 11 nitrogen and oxygen atoms in total. The fourth-order valence-corrected chi connectivity index (χ4v) is 3.76. The molecule has 1 aromatic carbocycles. The summed E-state index contributed by atoms with van der Waals surface area (Å²) in [5.41, 5.74) is 2.58. The van der Waals surface area contributed by atoms with Crippen molar-refractivity contribution < 1.29 is 14.6 Å². The molecule has 1 aliphatic heterocycles. The van der Waals surface area contributed by atoms with Crippen molar-refractivity contribution in [1.82, 2.24) is 25.1 Å². The highest BCUT2D eigenvalue weighted by atomic mass is 16.5. The molecule has 0 spiro atoms. The quantitative estimate of drug-likeness (QED) is 0.307. The van der Waals surface area contributed by atoms with Crippen molar-refractivity contribution in [3.05, 3.63) is 48.3 Å². The molecule has 1 saturated heterocycles. The van der Waals surface area contributed by atoms with Crippen LogP contribution in [0.15, 0.2) is 42.6 Å². The first-order chi connectivity index (χ1) is 16.4. The van der Waals surface area contributed by atoms with Gasteiger partial charge in [0.25, 0.3) is 0 Å². The Morgan fingerprint density at radius 2 is 1.91 bits per heavy atom. The normalized spacial score (nSPS) is 14.4. The summed E-state index contributed by atoms with van der Waals surface area (Å²) in [5.74, 6) is 1.97. The van der Waals surface area contributed by atoms with E-state index >= 15 is 0 Å². The van der Waals surface area contributed by atoms with E-state index in [4.69, 9.17) is 9.72 Å². The van der Waals surface area contributed by atoms with Gasteiger partial charge in [-0.1, -0.05) is 0 Å². The molecule has 1 fully saturated rings. The molecule has 4 aromatic rings. The Kier molecular flexibility index (Phi) is 5.64. The van der Waals surface area contributed by atoms with Crippen molar-refractivity contribution in [1.29, 1.82) is 0 Å². The van der Waals surface area contributed by atoms with E-state index in [1.807, 2.05) is 18.2 Å². The van der Waals surface area contributed by atoms with Gasteiger partial charge in [-0.15, -0.1) is 0 Å². The average molecular weight is 463 g/mol. The first-order valence-corrected chi connectivity index (χ1v) is 11.0. The van der Waals surface area contributed by atoms with Gasteiger partial charge in [0, 0.05) is 36.6 Å². The maximum Gasteiger partial charge on any atom is 0.324 e. The summed E-state index contributed by atoms with van der Waals surface area (Å²) in [7, 11) is 0. The van der Waals surface area contributed by atoms with E-state index in [0.717, 1.165) is 41.3 Å². The van der Waals surface area contributed by atoms with E-state index < -0.39 is 11.6 Å². The number of aliphatic hydroxyl groups is 1. The first-order valence-electron chi connectivity index (χ1n) is 11.0. The number of morpholine rings is 1. The third kappa shape index (κ3) is 4.56. The number of urea groups is 1. The van der Waals surface area contributed by atoms with Crippen LogP contribution < -0.4 is 15.5 Å². The number of hydrogen-bond donors (Lipinski definition) is 5. The molecule has 0 atom stereocenters. The van der Waals surface area contributed by atoms with Gasteiger partial charge in [-0.2, -0.15) is 5.10 Å². The Bertz CT molecular complexity index is 1300. The van der Waals surface area contributed by atoms with Crippen LogP contribution in [0.1, 0.15) is 19.5 Å². The van der Waals surface area contributed by atoms with Gasteiger partial charge in [0.05, 0.1) is 24.4 Å². The molecule has 1 aliphatic rings. The molecule has 0 aliphatic carbocycles. The zero-order valence-electron chi connectivity index (χ0n) is 18.9. The molecular formula is C23H26N8O3. The Hall–Kier alpha value is -3.96. The lowest BCUT2D eigenvalue weighted by Crippen LogP contribution is -2.36. The summed E-state index contributed by atoms with van der Waals surface area (Å²) < 4.78 is 5.45. The minimum atomic E-state index is -1.10. The first kappa shape index (κ1) is 21.9. The molecule has 0 unspecified atom stereocenters. The third-order valence-corrected chi connectivity index (χ3v) is 5.56. The smallest absolute Gasteiger partial charge is 0.324 e. The molecule has 2 amide bonds. The molecule has 0 saturated carbocycles. The Morgan fingerprint density at radius 1 is 1.15 bits per heavy atom. The molecule has 176 valence electrons. The van der Waals surface area contributed by atoms with Crippen LogP contribution in [-0.4, -0.2) is 62.6 Å². The van der Waals surface area contributed by atoms with E-state index in [-0.39, 0.29) is 0 Å². The van der Waals surface area contributed by atoms with E-state index in [1.54, 1.807) is 38.2 Å². The van der Waals surface area contributed by atoms with Gasteiger partial charge in [-0.25, -0.2) is 14.8 Å². The number of rotatable bonds is 5. The molecule has 11 heteroatoms. The highest BCUT2D eigenvalue weighted by Gasteiger charge is 2.20. The van der Waals surface area contributed by atoms with Crippen molar-refractivity contribution in [2.24, 2.45) is 0 Å². The summed E-state index contributed by atoms with van der Waals surface area (Å²) in [4.78, 5) is 27.2. The molecule has 3 aromatic heterocycles. The maximum atomic E-state index is 12.3. The fourth-order valence-electron chi connectivity index (χ4n) is 3.76. The molecule has 5 rings (SSSR count). The van der Waals surface area contributed by atoms with E-state index in [2.05, 4.69) is 35.7 Å². The number of carbonyl (C=O) groups excluding carboxylic acids is 1. The van der Waals surface area contributed by atoms with Crippen LogP contribution in [0.4, 0.5) is 22.1 Å². The zero-order valence-corrected chi connectivity index (χ0v) is 18.9. The molecule has 34 heavy (non-hydrogen) atoms. The fraction of sp³-hybridized carbons (Fsp3) is 0.304. The number of pyridine rings is 1. The molecule has 0 radical (unpaired) electrons. The number of aromatic nitrogens is 5. The zero-order chi connectivity index (χ0) is 23.7. The van der Waals surface area contributed by atoms with Crippen molar-refractivity contribution in [3.63, 3.8) is 0 Å². The number of fused-ring (bicyclic) bond motifs is 1. The number of amides is 2. The predicted octanol–water partition coefficient (Wildman–Crippen LogP) is 3.06. The van der Waals surface area contributed by atoms with Gasteiger partial charge >= 0.3 is 6.03 Å². The average Bonchev–Trinajstić information content (AvgIpc) is 3.47. The maximum absolute atomic E-state index is 12.3. The summed E-state index contributed by atoms with van der Waals surface area (Å²) in [5, 5.41) is 22.1. The number of anilines is 3. The number of H-pyrrole nitrogens is 2. The van der Waals surface area contributed by atoms with E-state index in [0.29, 0.717) is 30.4 Å². The number of nitrogens with zero attached hydrogens (tertiary/aromatic N) is 4. The highest BCUT2D eigenvalue weighted by Crippen LogP contribution is 2.27. The minimum absolute atomic E-state index is 0.387. The number of imidazole rings is 1. The van der Waals surface area contributed by atoms with Crippen LogP contribution in [0.2, 0.25) is 0 Å². The van der Waals surface area contributed by atoms with Gasteiger partial charge in [0.15, 0.2) is 5.82 Å². The van der Waals surface area contributed by atoms with Gasteiger partial charge < -0.3 is 25.0 Å². The second-order valence-corrected chi connectivity index (χ2v) is 8.60. The third-order valence-electron chi connectivity index (χ3n) is 5.56. The number of ether oxygens (including phenoxy) is 1. The van der Waals surface area contributed by atoms with Crippen LogP contribution in [0.3, 0.4) is 0 Å². The summed E-state index contributed by atoms with van der Waals surface area (Å²) in [6.45, 7) is 6.17. The summed E-state index contributed by atoms with van der Waals surface area (Å²) in [6.07, 6.45) is 1.78. The van der Waals surface area contributed by atoms with Crippen LogP contribution in [0.25, 0.3) is 22.4 Å². The van der Waals surface area contributed by atoms with Crippen LogP contribution >= 0.6 is 0 Å². The molecule has 0 bridgehead atoms. The predicted molar refractivity (Wildman–Crippen MR) is 129 cm³/mol. The SMILES string of the molecule is CC(C)(O)c1cc(NC(=O)Nc2ccc(-c3nc4c(N5CCOCC5)nccc4[nH]3)cc2)[nH]n1. The standard InChI is InChI=1S/C23H26N8O3/c1-23(2,33)17-13-18(30-29-17)27-22(32)25-15-5-3-14(4-6-15)20-26-16-7-8-24-21(19(16)28-20)31-9-11-34-12-10-31/h3-8,13,33H,9-12H2,1-2H3,(H,26,28)(H3,25,27,29,30,32). The largest absolute Gasteiger partial charge is 0.384 e. The van der Waals surface area contributed by atoms with Crippen LogP contribution in [0, 0.1) is 0 Å². The van der Waals surface area contributed by atoms with E-state index in [9.17, 15) is 9.90 Å².